The number of fused-ring (bicyclic) bond motifs is 1. The summed E-state index contributed by atoms with van der Waals surface area (Å²) in [7, 11) is -3.64. The first-order valence-electron chi connectivity index (χ1n) is 9.11. The second-order valence-corrected chi connectivity index (χ2v) is 8.71. The van der Waals surface area contributed by atoms with Crippen LogP contribution in [0.25, 0.3) is 6.08 Å². The third kappa shape index (κ3) is 3.85. The first-order chi connectivity index (χ1) is 13.9. The molecule has 1 amide bonds. The van der Waals surface area contributed by atoms with Crippen LogP contribution in [0.2, 0.25) is 0 Å². The van der Waals surface area contributed by atoms with E-state index < -0.39 is 10.0 Å². The number of amides is 1. The summed E-state index contributed by atoms with van der Waals surface area (Å²) in [5, 5.41) is 9.69. The van der Waals surface area contributed by atoms with E-state index in [1.54, 1.807) is 37.3 Å². The lowest BCUT2D eigenvalue weighted by atomic mass is 10.2. The molecule has 2 aromatic carbocycles. The number of rotatable bonds is 5. The highest BCUT2D eigenvalue weighted by molar-refractivity contribution is 7.89. The summed E-state index contributed by atoms with van der Waals surface area (Å²) in [4.78, 5) is 12.5. The molecule has 7 nitrogen and oxygen atoms in total. The molecule has 0 radical (unpaired) electrons. The van der Waals surface area contributed by atoms with Gasteiger partial charge in [-0.05, 0) is 30.2 Å². The van der Waals surface area contributed by atoms with Gasteiger partial charge < -0.3 is 5.32 Å². The summed E-state index contributed by atoms with van der Waals surface area (Å²) >= 11 is 0. The Morgan fingerprint density at radius 1 is 1.10 bits per heavy atom. The molecule has 0 spiro atoms. The molecule has 2 heterocycles. The molecule has 1 aliphatic rings. The Hall–Kier alpha value is -3.23. The van der Waals surface area contributed by atoms with Crippen molar-refractivity contribution in [2.24, 2.45) is 0 Å². The molecule has 0 atom stereocenters. The Balaban J connectivity index is 1.49. The lowest BCUT2D eigenvalue weighted by Gasteiger charge is -2.17. The number of nitrogens with zero attached hydrogens (tertiary/aromatic N) is 2. The zero-order valence-electron chi connectivity index (χ0n) is 15.8. The topological polar surface area (TPSA) is 95.2 Å². The maximum Gasteiger partial charge on any atom is 0.249 e. The van der Waals surface area contributed by atoms with E-state index in [-0.39, 0.29) is 23.9 Å². The van der Waals surface area contributed by atoms with Gasteiger partial charge in [0.1, 0.15) is 0 Å². The van der Waals surface area contributed by atoms with Crippen LogP contribution in [0.1, 0.15) is 22.4 Å². The molecule has 29 heavy (non-hydrogen) atoms. The normalized spacial score (nSPS) is 14.2. The molecule has 0 unspecified atom stereocenters. The number of anilines is 1. The average molecular weight is 408 g/mol. The molecule has 2 N–H and O–H groups in total. The smallest absolute Gasteiger partial charge is 0.249 e. The number of aromatic amines is 1. The summed E-state index contributed by atoms with van der Waals surface area (Å²) < 4.78 is 27.4. The molecule has 0 saturated carbocycles. The Morgan fingerprint density at radius 2 is 1.83 bits per heavy atom. The number of nitrogens with one attached hydrogen (secondary N) is 2. The van der Waals surface area contributed by atoms with Crippen molar-refractivity contribution >= 4 is 27.8 Å². The van der Waals surface area contributed by atoms with Gasteiger partial charge in [-0.3, -0.25) is 9.89 Å². The maximum absolute atomic E-state index is 13.0. The maximum atomic E-state index is 13.0. The molecule has 0 saturated heterocycles. The zero-order valence-corrected chi connectivity index (χ0v) is 16.6. The van der Waals surface area contributed by atoms with Crippen LogP contribution in [-0.4, -0.2) is 28.8 Å². The molecule has 1 aromatic heterocycles. The average Bonchev–Trinajstić information content (AvgIpc) is 3.30. The molecule has 8 heteroatoms. The highest BCUT2D eigenvalue weighted by atomic mass is 32.2. The molecule has 0 aliphatic carbocycles. The predicted octanol–water partition coefficient (Wildman–Crippen LogP) is 3.07. The van der Waals surface area contributed by atoms with Crippen LogP contribution in [0, 0.1) is 6.92 Å². The largest absolute Gasteiger partial charge is 0.305 e. The molecule has 3 aromatic rings. The van der Waals surface area contributed by atoms with Crippen molar-refractivity contribution in [3.05, 3.63) is 83.1 Å². The van der Waals surface area contributed by atoms with Crippen molar-refractivity contribution in [2.75, 3.05) is 5.32 Å². The van der Waals surface area contributed by atoms with Crippen LogP contribution in [0.5, 0.6) is 0 Å². The van der Waals surface area contributed by atoms with Gasteiger partial charge in [-0.1, -0.05) is 48.5 Å². The minimum atomic E-state index is -3.64. The van der Waals surface area contributed by atoms with Gasteiger partial charge in [0, 0.05) is 18.2 Å². The van der Waals surface area contributed by atoms with E-state index >= 15 is 0 Å². The molecule has 148 valence electrons. The third-order valence-electron chi connectivity index (χ3n) is 4.80. The Bertz CT molecular complexity index is 1180. The highest BCUT2D eigenvalue weighted by Gasteiger charge is 2.34. The number of aromatic nitrogens is 2. The van der Waals surface area contributed by atoms with Gasteiger partial charge in [-0.25, -0.2) is 8.42 Å². The fourth-order valence-electron chi connectivity index (χ4n) is 3.26. The summed E-state index contributed by atoms with van der Waals surface area (Å²) in [6.45, 7) is 2.11. The second-order valence-electron chi connectivity index (χ2n) is 6.80. The van der Waals surface area contributed by atoms with E-state index in [1.807, 2.05) is 30.3 Å². The number of benzene rings is 2. The highest BCUT2D eigenvalue weighted by Crippen LogP contribution is 2.32. The number of hydrogen-bond donors (Lipinski definition) is 2. The van der Waals surface area contributed by atoms with Crippen LogP contribution in [0.4, 0.5) is 5.82 Å². The van der Waals surface area contributed by atoms with Crippen LogP contribution >= 0.6 is 0 Å². The SMILES string of the molecule is Cc1ccccc1S(=O)(=O)N1Cc2[nH]nc(NC(=O)/C=C/c3ccccc3)c2C1. The molecular formula is C21H20N4O3S. The molecule has 1 aliphatic heterocycles. The molecule has 4 rings (SSSR count). The zero-order chi connectivity index (χ0) is 20.4. The van der Waals surface area contributed by atoms with Gasteiger partial charge >= 0.3 is 0 Å². The van der Waals surface area contributed by atoms with Gasteiger partial charge in [0.25, 0.3) is 0 Å². The van der Waals surface area contributed by atoms with Crippen molar-refractivity contribution in [1.82, 2.24) is 14.5 Å². The van der Waals surface area contributed by atoms with Gasteiger partial charge in [0.2, 0.25) is 15.9 Å². The van der Waals surface area contributed by atoms with Crippen LogP contribution in [-0.2, 0) is 27.9 Å². The standard InChI is InChI=1S/C21H20N4O3S/c1-15-7-5-6-10-19(15)29(27,28)25-13-17-18(14-25)23-24-21(17)22-20(26)12-11-16-8-3-2-4-9-16/h2-12H,13-14H2,1H3,(H2,22,23,24,26)/b12-11+. The van der Waals surface area contributed by atoms with Crippen molar-refractivity contribution in [3.8, 4) is 0 Å². The fourth-order valence-corrected chi connectivity index (χ4v) is 4.87. The quantitative estimate of drug-likeness (QED) is 0.634. The second kappa shape index (κ2) is 7.65. The summed E-state index contributed by atoms with van der Waals surface area (Å²) in [6.07, 6.45) is 3.13. The van der Waals surface area contributed by atoms with Gasteiger partial charge in [-0.15, -0.1) is 0 Å². The van der Waals surface area contributed by atoms with Gasteiger partial charge in [0.05, 0.1) is 17.1 Å². The number of carbonyl (C=O) groups is 1. The van der Waals surface area contributed by atoms with E-state index in [9.17, 15) is 13.2 Å². The van der Waals surface area contributed by atoms with E-state index in [1.165, 1.54) is 10.4 Å². The van der Waals surface area contributed by atoms with E-state index in [2.05, 4.69) is 15.5 Å². The van der Waals surface area contributed by atoms with Crippen molar-refractivity contribution in [2.45, 2.75) is 24.9 Å². The van der Waals surface area contributed by atoms with Crippen LogP contribution in [0.3, 0.4) is 0 Å². The Labute approximate surface area is 169 Å². The lowest BCUT2D eigenvalue weighted by Crippen LogP contribution is -2.27. The van der Waals surface area contributed by atoms with E-state index in [4.69, 9.17) is 0 Å². The van der Waals surface area contributed by atoms with Gasteiger partial charge in [0.15, 0.2) is 5.82 Å². The van der Waals surface area contributed by atoms with Crippen molar-refractivity contribution in [3.63, 3.8) is 0 Å². The van der Waals surface area contributed by atoms with E-state index in [0.717, 1.165) is 5.56 Å². The number of hydrogen-bond acceptors (Lipinski definition) is 4. The number of H-pyrrole nitrogens is 1. The predicted molar refractivity (Wildman–Crippen MR) is 110 cm³/mol. The fraction of sp³-hybridized carbons (Fsp3) is 0.143. The van der Waals surface area contributed by atoms with Gasteiger partial charge in [-0.2, -0.15) is 9.40 Å². The number of carbonyl (C=O) groups excluding carboxylic acids is 1. The lowest BCUT2D eigenvalue weighted by molar-refractivity contribution is -0.111. The molecule has 0 bridgehead atoms. The van der Waals surface area contributed by atoms with E-state index in [0.29, 0.717) is 22.6 Å². The summed E-state index contributed by atoms with van der Waals surface area (Å²) in [5.74, 6) is 0.0218. The minimum Gasteiger partial charge on any atom is -0.305 e. The first kappa shape index (κ1) is 19.1. The monoisotopic (exact) mass is 408 g/mol. The number of aryl methyl sites for hydroxylation is 1. The third-order valence-corrected chi connectivity index (χ3v) is 6.75. The Morgan fingerprint density at radius 3 is 2.59 bits per heavy atom. The Kier molecular flexibility index (Phi) is 5.04. The summed E-state index contributed by atoms with van der Waals surface area (Å²) in [5.41, 5.74) is 2.97. The summed E-state index contributed by atoms with van der Waals surface area (Å²) in [6, 6.07) is 16.4. The first-order valence-corrected chi connectivity index (χ1v) is 10.5. The van der Waals surface area contributed by atoms with Crippen LogP contribution in [0.15, 0.2) is 65.6 Å². The minimum absolute atomic E-state index is 0.153. The van der Waals surface area contributed by atoms with Crippen molar-refractivity contribution in [1.29, 1.82) is 0 Å². The molecular weight excluding hydrogens is 388 g/mol. The van der Waals surface area contributed by atoms with Crippen molar-refractivity contribution < 1.29 is 13.2 Å². The number of sulfonamides is 1. The van der Waals surface area contributed by atoms with Crippen LogP contribution < -0.4 is 5.32 Å². The molecule has 0 fully saturated rings.